The molecular weight excluding hydrogens is 709 g/mol. The van der Waals surface area contributed by atoms with Gasteiger partial charge in [0.2, 0.25) is 0 Å². The standard InChI is InChI=1S/C53H32N4O/c54-33-34-13-11-16-37(31-34)38-27-30-43-48(32-38)58-47-24-12-21-44(49(43)47)52-56-50(35-14-3-1-4-15-35)55-51(57-52)36-25-28-40(29-26-36)53(39-17-5-2-6-18-39)45-22-9-7-19-41(45)42-20-8-10-23-46(42)53/h1-32H. The Labute approximate surface area is 335 Å². The Morgan fingerprint density at radius 3 is 1.66 bits per heavy atom. The Hall–Kier alpha value is -7.94. The molecule has 8 aromatic carbocycles. The molecule has 0 radical (unpaired) electrons. The minimum Gasteiger partial charge on any atom is -0.456 e. The summed E-state index contributed by atoms with van der Waals surface area (Å²) in [5, 5.41) is 11.4. The van der Waals surface area contributed by atoms with E-state index in [1.54, 1.807) is 0 Å². The van der Waals surface area contributed by atoms with E-state index in [2.05, 4.69) is 127 Å². The lowest BCUT2D eigenvalue weighted by Crippen LogP contribution is -2.28. The molecule has 0 saturated carbocycles. The van der Waals surface area contributed by atoms with Crippen LogP contribution in [-0.2, 0) is 5.41 Å². The number of fused-ring (bicyclic) bond motifs is 6. The second-order valence-corrected chi connectivity index (χ2v) is 14.6. The monoisotopic (exact) mass is 740 g/mol. The fourth-order valence-corrected chi connectivity index (χ4v) is 8.88. The van der Waals surface area contributed by atoms with E-state index in [1.165, 1.54) is 33.4 Å². The van der Waals surface area contributed by atoms with Crippen molar-refractivity contribution >= 4 is 21.9 Å². The maximum absolute atomic E-state index is 9.49. The van der Waals surface area contributed by atoms with Crippen LogP contribution in [0.3, 0.4) is 0 Å². The SMILES string of the molecule is N#Cc1cccc(-c2ccc3c(c2)oc2cccc(-c4nc(-c5ccccc5)nc(-c5ccc(C6(c7ccccc7)c7ccccc7-c7ccccc76)cc5)n4)c23)c1. The molecule has 2 heterocycles. The van der Waals surface area contributed by atoms with Gasteiger partial charge in [0.15, 0.2) is 17.5 Å². The zero-order valence-corrected chi connectivity index (χ0v) is 31.2. The van der Waals surface area contributed by atoms with Gasteiger partial charge in [0, 0.05) is 27.5 Å². The summed E-state index contributed by atoms with van der Waals surface area (Å²) in [6, 6.07) is 69.3. The minimum absolute atomic E-state index is 0.497. The molecule has 1 aliphatic rings. The molecule has 2 aromatic heterocycles. The van der Waals surface area contributed by atoms with E-state index in [1.807, 2.05) is 72.8 Å². The van der Waals surface area contributed by atoms with Crippen LogP contribution in [0.15, 0.2) is 199 Å². The lowest BCUT2D eigenvalue weighted by Gasteiger charge is -2.34. The molecule has 270 valence electrons. The van der Waals surface area contributed by atoms with Crippen molar-refractivity contribution in [1.29, 1.82) is 5.26 Å². The van der Waals surface area contributed by atoms with Gasteiger partial charge in [0.05, 0.1) is 17.0 Å². The third-order valence-corrected chi connectivity index (χ3v) is 11.5. The molecular formula is C53H32N4O. The summed E-state index contributed by atoms with van der Waals surface area (Å²) >= 11 is 0. The van der Waals surface area contributed by atoms with Crippen molar-refractivity contribution in [2.45, 2.75) is 5.41 Å². The van der Waals surface area contributed by atoms with Crippen molar-refractivity contribution in [3.63, 3.8) is 0 Å². The van der Waals surface area contributed by atoms with Crippen LogP contribution in [0.5, 0.6) is 0 Å². The van der Waals surface area contributed by atoms with Gasteiger partial charge in [-0.15, -0.1) is 0 Å². The van der Waals surface area contributed by atoms with Crippen LogP contribution in [-0.4, -0.2) is 15.0 Å². The van der Waals surface area contributed by atoms with Gasteiger partial charge >= 0.3 is 0 Å². The Balaban J connectivity index is 1.07. The molecule has 11 rings (SSSR count). The van der Waals surface area contributed by atoms with Crippen molar-refractivity contribution in [2.24, 2.45) is 0 Å². The van der Waals surface area contributed by atoms with Crippen LogP contribution in [0.1, 0.15) is 27.8 Å². The molecule has 5 heteroatoms. The molecule has 0 fully saturated rings. The van der Waals surface area contributed by atoms with E-state index in [9.17, 15) is 5.26 Å². The number of furan rings is 1. The normalized spacial score (nSPS) is 12.6. The predicted molar refractivity (Wildman–Crippen MR) is 231 cm³/mol. The van der Waals surface area contributed by atoms with Crippen LogP contribution >= 0.6 is 0 Å². The van der Waals surface area contributed by atoms with Crippen LogP contribution in [0.2, 0.25) is 0 Å². The first-order valence-electron chi connectivity index (χ1n) is 19.3. The maximum Gasteiger partial charge on any atom is 0.164 e. The van der Waals surface area contributed by atoms with Gasteiger partial charge in [-0.05, 0) is 74.8 Å². The van der Waals surface area contributed by atoms with Crippen molar-refractivity contribution < 1.29 is 4.42 Å². The smallest absolute Gasteiger partial charge is 0.164 e. The number of hydrogen-bond acceptors (Lipinski definition) is 5. The first-order chi connectivity index (χ1) is 28.7. The molecule has 0 saturated heterocycles. The van der Waals surface area contributed by atoms with Gasteiger partial charge in [-0.1, -0.05) is 164 Å². The first-order valence-corrected chi connectivity index (χ1v) is 19.3. The van der Waals surface area contributed by atoms with Gasteiger partial charge in [0.25, 0.3) is 0 Å². The van der Waals surface area contributed by atoms with Crippen molar-refractivity contribution in [3.8, 4) is 62.5 Å². The molecule has 0 bridgehead atoms. The van der Waals surface area contributed by atoms with E-state index in [0.717, 1.165) is 49.8 Å². The van der Waals surface area contributed by atoms with Crippen molar-refractivity contribution in [2.75, 3.05) is 0 Å². The summed E-state index contributed by atoms with van der Waals surface area (Å²) in [6.07, 6.45) is 0. The van der Waals surface area contributed by atoms with Crippen LogP contribution in [0.4, 0.5) is 0 Å². The fourth-order valence-electron chi connectivity index (χ4n) is 8.88. The molecule has 0 spiro atoms. The molecule has 0 N–H and O–H groups in total. The number of nitrogens with zero attached hydrogens (tertiary/aromatic N) is 4. The molecule has 1 aliphatic carbocycles. The second-order valence-electron chi connectivity index (χ2n) is 14.6. The highest BCUT2D eigenvalue weighted by Crippen LogP contribution is 2.56. The molecule has 58 heavy (non-hydrogen) atoms. The van der Waals surface area contributed by atoms with Gasteiger partial charge in [-0.2, -0.15) is 5.26 Å². The summed E-state index contributed by atoms with van der Waals surface area (Å²) in [5.41, 5.74) is 13.6. The summed E-state index contributed by atoms with van der Waals surface area (Å²) < 4.78 is 6.48. The Morgan fingerprint density at radius 1 is 0.414 bits per heavy atom. The predicted octanol–water partition coefficient (Wildman–Crippen LogP) is 12.7. The first kappa shape index (κ1) is 33.4. The third-order valence-electron chi connectivity index (χ3n) is 11.5. The topological polar surface area (TPSA) is 75.6 Å². The highest BCUT2D eigenvalue weighted by molar-refractivity contribution is 6.12. The zero-order valence-electron chi connectivity index (χ0n) is 31.2. The Morgan fingerprint density at radius 2 is 0.948 bits per heavy atom. The summed E-state index contributed by atoms with van der Waals surface area (Å²) in [4.78, 5) is 15.4. The van der Waals surface area contributed by atoms with Crippen LogP contribution in [0.25, 0.3) is 78.4 Å². The minimum atomic E-state index is -0.497. The van der Waals surface area contributed by atoms with E-state index in [4.69, 9.17) is 19.4 Å². The quantitative estimate of drug-likeness (QED) is 0.170. The van der Waals surface area contributed by atoms with Gasteiger partial charge < -0.3 is 4.42 Å². The van der Waals surface area contributed by atoms with Crippen LogP contribution < -0.4 is 0 Å². The van der Waals surface area contributed by atoms with E-state index in [0.29, 0.717) is 23.0 Å². The van der Waals surface area contributed by atoms with Gasteiger partial charge in [0.1, 0.15) is 11.2 Å². The third kappa shape index (κ3) is 5.20. The molecule has 0 atom stereocenters. The largest absolute Gasteiger partial charge is 0.456 e. The number of nitriles is 1. The molecule has 0 amide bonds. The number of hydrogen-bond donors (Lipinski definition) is 0. The highest BCUT2D eigenvalue weighted by atomic mass is 16.3. The average Bonchev–Trinajstić information content (AvgIpc) is 3.83. The van der Waals surface area contributed by atoms with Crippen LogP contribution in [0, 0.1) is 11.3 Å². The summed E-state index contributed by atoms with van der Waals surface area (Å²) in [5.74, 6) is 1.74. The zero-order chi connectivity index (χ0) is 38.6. The van der Waals surface area contributed by atoms with E-state index in [-0.39, 0.29) is 0 Å². The average molecular weight is 741 g/mol. The molecule has 0 aliphatic heterocycles. The molecule has 0 unspecified atom stereocenters. The van der Waals surface area contributed by atoms with E-state index >= 15 is 0 Å². The number of benzene rings is 8. The van der Waals surface area contributed by atoms with E-state index < -0.39 is 5.41 Å². The van der Waals surface area contributed by atoms with Gasteiger partial charge in [-0.3, -0.25) is 0 Å². The molecule has 10 aromatic rings. The lowest BCUT2D eigenvalue weighted by molar-refractivity contribution is 0.669. The van der Waals surface area contributed by atoms with Crippen molar-refractivity contribution in [3.05, 3.63) is 222 Å². The Kier molecular flexibility index (Phi) is 7.70. The lowest BCUT2D eigenvalue weighted by atomic mass is 9.67. The second kappa shape index (κ2) is 13.4. The summed E-state index contributed by atoms with van der Waals surface area (Å²) in [6.45, 7) is 0. The van der Waals surface area contributed by atoms with Crippen molar-refractivity contribution in [1.82, 2.24) is 15.0 Å². The summed E-state index contributed by atoms with van der Waals surface area (Å²) in [7, 11) is 0. The number of aromatic nitrogens is 3. The number of rotatable bonds is 6. The fraction of sp³-hybridized carbons (Fsp3) is 0.0189. The van der Waals surface area contributed by atoms with Gasteiger partial charge in [-0.25, -0.2) is 15.0 Å². The Bertz CT molecular complexity index is 3190. The highest BCUT2D eigenvalue weighted by Gasteiger charge is 2.45. The maximum atomic E-state index is 9.49. The molecule has 5 nitrogen and oxygen atoms in total.